The van der Waals surface area contributed by atoms with E-state index in [4.69, 9.17) is 5.73 Å². The van der Waals surface area contributed by atoms with Crippen LogP contribution in [0.2, 0.25) is 0 Å². The molecular formula is C21H22F3N5O3S. The molecule has 1 aliphatic rings. The van der Waals surface area contributed by atoms with Crippen LogP contribution in [0.1, 0.15) is 21.5 Å². The van der Waals surface area contributed by atoms with Gasteiger partial charge in [0.05, 0.1) is 17.5 Å². The topological polar surface area (TPSA) is 125 Å². The minimum absolute atomic E-state index is 0.0293. The van der Waals surface area contributed by atoms with E-state index in [2.05, 4.69) is 21.3 Å². The molecule has 1 fully saturated rings. The van der Waals surface area contributed by atoms with Crippen LogP contribution in [-0.2, 0) is 15.8 Å². The molecule has 0 aromatic heterocycles. The molecule has 3 rings (SSSR count). The van der Waals surface area contributed by atoms with Crippen LogP contribution in [0.5, 0.6) is 0 Å². The molecule has 0 spiro atoms. The summed E-state index contributed by atoms with van der Waals surface area (Å²) >= 11 is 1.10. The molecule has 3 atom stereocenters. The third kappa shape index (κ3) is 6.46. The SMILES string of the molecule is Cc1ccccc1NC(=O)CSC1NC(=O)C(NC(=O)c2ccc(C(F)(F)F)cc2)C(N)N1. The van der Waals surface area contributed by atoms with Crippen LogP contribution in [0.15, 0.2) is 48.5 Å². The number of anilines is 1. The maximum Gasteiger partial charge on any atom is 0.416 e. The Morgan fingerprint density at radius 1 is 1.12 bits per heavy atom. The largest absolute Gasteiger partial charge is 0.416 e. The smallest absolute Gasteiger partial charge is 0.338 e. The molecule has 2 aromatic carbocycles. The van der Waals surface area contributed by atoms with Gasteiger partial charge in [0.2, 0.25) is 11.8 Å². The molecular weight excluding hydrogens is 459 g/mol. The van der Waals surface area contributed by atoms with E-state index in [1.165, 1.54) is 0 Å². The third-order valence-corrected chi connectivity index (χ3v) is 5.84. The number of halogens is 3. The molecule has 8 nitrogen and oxygen atoms in total. The van der Waals surface area contributed by atoms with Gasteiger partial charge in [-0.25, -0.2) is 0 Å². The Bertz CT molecular complexity index is 1030. The second-order valence-electron chi connectivity index (χ2n) is 7.28. The van der Waals surface area contributed by atoms with E-state index in [0.29, 0.717) is 5.69 Å². The van der Waals surface area contributed by atoms with Gasteiger partial charge in [-0.15, -0.1) is 11.8 Å². The van der Waals surface area contributed by atoms with Gasteiger partial charge in [-0.2, -0.15) is 13.2 Å². The summed E-state index contributed by atoms with van der Waals surface area (Å²) in [7, 11) is 0. The van der Waals surface area contributed by atoms with Gasteiger partial charge in [0.25, 0.3) is 5.91 Å². The Kier molecular flexibility index (Phi) is 7.61. The predicted octanol–water partition coefficient (Wildman–Crippen LogP) is 1.77. The standard InChI is InChI=1S/C21H22F3N5O3S/c1-11-4-2-3-5-14(11)26-15(30)10-33-20-28-17(25)16(19(32)29-20)27-18(31)12-6-8-13(9-7-12)21(22,23)24/h2-9,16-17,20,28H,10,25H2,1H3,(H,26,30)(H,27,31)(H,29,32). The molecule has 12 heteroatoms. The number of para-hydroxylation sites is 1. The van der Waals surface area contributed by atoms with Crippen molar-refractivity contribution < 1.29 is 27.6 Å². The van der Waals surface area contributed by atoms with E-state index in [1.54, 1.807) is 12.1 Å². The second-order valence-corrected chi connectivity index (χ2v) is 8.37. The average Bonchev–Trinajstić information content (AvgIpc) is 2.76. The highest BCUT2D eigenvalue weighted by Crippen LogP contribution is 2.29. The van der Waals surface area contributed by atoms with Crippen molar-refractivity contribution in [1.82, 2.24) is 16.0 Å². The average molecular weight is 482 g/mol. The highest BCUT2D eigenvalue weighted by Gasteiger charge is 2.36. The van der Waals surface area contributed by atoms with Crippen LogP contribution in [0.3, 0.4) is 0 Å². The zero-order valence-corrected chi connectivity index (χ0v) is 18.2. The minimum Gasteiger partial charge on any atom is -0.338 e. The van der Waals surface area contributed by atoms with Crippen LogP contribution >= 0.6 is 11.8 Å². The van der Waals surface area contributed by atoms with Gasteiger partial charge in [0.1, 0.15) is 11.5 Å². The molecule has 1 heterocycles. The third-order valence-electron chi connectivity index (χ3n) is 4.82. The Morgan fingerprint density at radius 3 is 2.39 bits per heavy atom. The van der Waals surface area contributed by atoms with Gasteiger partial charge in [-0.05, 0) is 42.8 Å². The number of aryl methyl sites for hydroxylation is 1. The fraction of sp³-hybridized carbons (Fsp3) is 0.286. The van der Waals surface area contributed by atoms with E-state index < -0.39 is 41.3 Å². The maximum absolute atomic E-state index is 12.7. The molecule has 0 saturated carbocycles. The number of nitrogens with two attached hydrogens (primary N) is 1. The van der Waals surface area contributed by atoms with Gasteiger partial charge >= 0.3 is 6.18 Å². The Labute approximate surface area is 191 Å². The highest BCUT2D eigenvalue weighted by molar-refractivity contribution is 8.00. The molecule has 1 aliphatic heterocycles. The fourth-order valence-electron chi connectivity index (χ4n) is 3.03. The van der Waals surface area contributed by atoms with Gasteiger partial charge < -0.3 is 21.7 Å². The van der Waals surface area contributed by atoms with Crippen molar-refractivity contribution in [3.8, 4) is 0 Å². The molecule has 176 valence electrons. The first kappa shape index (κ1) is 24.6. The molecule has 2 aromatic rings. The van der Waals surface area contributed by atoms with Gasteiger partial charge in [-0.3, -0.25) is 19.7 Å². The van der Waals surface area contributed by atoms with Crippen molar-refractivity contribution in [3.05, 3.63) is 65.2 Å². The molecule has 0 aliphatic carbocycles. The normalized spacial score (nSPS) is 20.6. The summed E-state index contributed by atoms with van der Waals surface area (Å²) in [6, 6.07) is 9.74. The van der Waals surface area contributed by atoms with Crippen molar-refractivity contribution in [1.29, 1.82) is 0 Å². The zero-order chi connectivity index (χ0) is 24.2. The quantitative estimate of drug-likeness (QED) is 0.428. The summed E-state index contributed by atoms with van der Waals surface area (Å²) in [6.07, 6.45) is -5.50. The molecule has 1 saturated heterocycles. The second kappa shape index (κ2) is 10.2. The minimum atomic E-state index is -4.52. The van der Waals surface area contributed by atoms with Crippen LogP contribution in [-0.4, -0.2) is 41.2 Å². The molecule has 0 bridgehead atoms. The van der Waals surface area contributed by atoms with E-state index in [-0.39, 0.29) is 17.2 Å². The number of alkyl halides is 3. The lowest BCUT2D eigenvalue weighted by Crippen LogP contribution is -2.70. The summed E-state index contributed by atoms with van der Waals surface area (Å²) < 4.78 is 38.0. The van der Waals surface area contributed by atoms with Crippen molar-refractivity contribution >= 4 is 35.2 Å². The molecule has 33 heavy (non-hydrogen) atoms. The number of carbonyl (C=O) groups is 3. The number of hydrogen-bond acceptors (Lipinski definition) is 6. The lowest BCUT2D eigenvalue weighted by molar-refractivity contribution is -0.137. The van der Waals surface area contributed by atoms with Crippen LogP contribution in [0.25, 0.3) is 0 Å². The molecule has 3 unspecified atom stereocenters. The van der Waals surface area contributed by atoms with E-state index in [1.807, 2.05) is 19.1 Å². The number of amides is 3. The van der Waals surface area contributed by atoms with Crippen LogP contribution < -0.4 is 27.0 Å². The van der Waals surface area contributed by atoms with Gasteiger partial charge in [0.15, 0.2) is 0 Å². The van der Waals surface area contributed by atoms with Gasteiger partial charge in [-0.1, -0.05) is 18.2 Å². The van der Waals surface area contributed by atoms with Crippen LogP contribution in [0, 0.1) is 6.92 Å². The van der Waals surface area contributed by atoms with Crippen molar-refractivity contribution in [2.45, 2.75) is 30.8 Å². The predicted molar refractivity (Wildman–Crippen MR) is 118 cm³/mol. The number of rotatable bonds is 6. The number of carbonyl (C=O) groups excluding carboxylic acids is 3. The number of thioether (sulfide) groups is 1. The summed E-state index contributed by atoms with van der Waals surface area (Å²) in [5, 5.41) is 10.7. The number of hydrogen-bond donors (Lipinski definition) is 5. The first-order valence-corrected chi connectivity index (χ1v) is 10.9. The van der Waals surface area contributed by atoms with Crippen molar-refractivity contribution in [2.24, 2.45) is 5.73 Å². The number of nitrogens with one attached hydrogen (secondary N) is 4. The molecule has 6 N–H and O–H groups in total. The maximum atomic E-state index is 12.7. The van der Waals surface area contributed by atoms with E-state index in [9.17, 15) is 27.6 Å². The Hall–Kier alpha value is -3.09. The highest BCUT2D eigenvalue weighted by atomic mass is 32.2. The van der Waals surface area contributed by atoms with E-state index in [0.717, 1.165) is 41.6 Å². The summed E-state index contributed by atoms with van der Waals surface area (Å²) in [5.74, 6) is -1.57. The Morgan fingerprint density at radius 2 is 1.79 bits per heavy atom. The monoisotopic (exact) mass is 481 g/mol. The van der Waals surface area contributed by atoms with Gasteiger partial charge in [0, 0.05) is 11.3 Å². The number of benzene rings is 2. The summed E-state index contributed by atoms with van der Waals surface area (Å²) in [5.41, 5.74) is 5.95. The van der Waals surface area contributed by atoms with Crippen LogP contribution in [0.4, 0.5) is 18.9 Å². The van der Waals surface area contributed by atoms with E-state index >= 15 is 0 Å². The first-order chi connectivity index (χ1) is 15.5. The molecule has 0 radical (unpaired) electrons. The summed E-state index contributed by atoms with van der Waals surface area (Å²) in [6.45, 7) is 1.86. The zero-order valence-electron chi connectivity index (χ0n) is 17.4. The Balaban J connectivity index is 1.51. The van der Waals surface area contributed by atoms with Crippen molar-refractivity contribution in [2.75, 3.05) is 11.1 Å². The fourth-order valence-corrected chi connectivity index (χ4v) is 3.88. The van der Waals surface area contributed by atoms with Crippen molar-refractivity contribution in [3.63, 3.8) is 0 Å². The lowest BCUT2D eigenvalue weighted by Gasteiger charge is -2.35. The molecule has 3 amide bonds. The first-order valence-electron chi connectivity index (χ1n) is 9.82. The summed E-state index contributed by atoms with van der Waals surface area (Å²) in [4.78, 5) is 37.0. The lowest BCUT2D eigenvalue weighted by atomic mass is 10.1.